The molecular weight excluding hydrogens is 338 g/mol. The number of esters is 1. The predicted octanol–water partition coefficient (Wildman–Crippen LogP) is 5.11. The van der Waals surface area contributed by atoms with E-state index >= 15 is 0 Å². The number of rotatable bonds is 5. The summed E-state index contributed by atoms with van der Waals surface area (Å²) in [6.45, 7) is 10.3. The molecule has 0 spiro atoms. The minimum absolute atomic E-state index is 0.0415. The Morgan fingerprint density at radius 2 is 1.67 bits per heavy atom. The third kappa shape index (κ3) is 9.39. The highest BCUT2D eigenvalue weighted by molar-refractivity contribution is 5.72. The van der Waals surface area contributed by atoms with Crippen molar-refractivity contribution in [2.24, 2.45) is 5.92 Å². The highest BCUT2D eigenvalue weighted by Crippen LogP contribution is 2.28. The molecule has 4 heteroatoms. The first-order valence-electron chi connectivity index (χ1n) is 10.8. The number of carbonyl (C=O) groups excluding carboxylic acids is 1. The molecule has 1 aromatic rings. The molecule has 154 valence electrons. The molecule has 2 fully saturated rings. The van der Waals surface area contributed by atoms with E-state index in [1.807, 2.05) is 44.2 Å². The number of hydrogen-bond acceptors (Lipinski definition) is 4. The van der Waals surface area contributed by atoms with Crippen molar-refractivity contribution in [1.82, 2.24) is 5.32 Å². The Balaban J connectivity index is 0.000000665. The smallest absolute Gasteiger partial charge is 0.309 e. The summed E-state index contributed by atoms with van der Waals surface area (Å²) in [5, 5.41) is 3.69. The molecule has 1 aromatic carbocycles. The van der Waals surface area contributed by atoms with E-state index in [0.717, 1.165) is 50.9 Å². The SMILES string of the molecule is CC.CCC.O=C(OCc1ccccc1)C1CC[C@@H](NC2CCOCC2)C1. The van der Waals surface area contributed by atoms with Gasteiger partial charge in [-0.15, -0.1) is 0 Å². The van der Waals surface area contributed by atoms with Crippen LogP contribution in [0.25, 0.3) is 0 Å². The lowest BCUT2D eigenvalue weighted by atomic mass is 10.1. The van der Waals surface area contributed by atoms with Crippen molar-refractivity contribution >= 4 is 5.97 Å². The Bertz CT molecular complexity index is 486. The van der Waals surface area contributed by atoms with Gasteiger partial charge in [0.05, 0.1) is 5.92 Å². The fraction of sp³-hybridized carbons (Fsp3) is 0.696. The maximum absolute atomic E-state index is 12.2. The first-order valence-corrected chi connectivity index (χ1v) is 10.8. The highest BCUT2D eigenvalue weighted by atomic mass is 16.5. The normalized spacial score (nSPS) is 22.1. The van der Waals surface area contributed by atoms with E-state index in [9.17, 15) is 4.79 Å². The summed E-state index contributed by atoms with van der Waals surface area (Å²) >= 11 is 0. The van der Waals surface area contributed by atoms with Crippen LogP contribution in [0.2, 0.25) is 0 Å². The number of benzene rings is 1. The molecule has 1 heterocycles. The van der Waals surface area contributed by atoms with Crippen molar-refractivity contribution in [2.45, 2.75) is 84.9 Å². The largest absolute Gasteiger partial charge is 0.461 e. The van der Waals surface area contributed by atoms with Crippen LogP contribution in [0.1, 0.15) is 71.8 Å². The second-order valence-corrected chi connectivity index (χ2v) is 7.06. The van der Waals surface area contributed by atoms with E-state index in [-0.39, 0.29) is 11.9 Å². The molecule has 4 nitrogen and oxygen atoms in total. The van der Waals surface area contributed by atoms with Crippen molar-refractivity contribution in [3.63, 3.8) is 0 Å². The van der Waals surface area contributed by atoms with Crippen LogP contribution in [0.4, 0.5) is 0 Å². The minimum Gasteiger partial charge on any atom is -0.461 e. The average molecular weight is 378 g/mol. The Morgan fingerprint density at radius 3 is 2.30 bits per heavy atom. The number of ether oxygens (including phenoxy) is 2. The monoisotopic (exact) mass is 377 g/mol. The van der Waals surface area contributed by atoms with Gasteiger partial charge in [0.15, 0.2) is 0 Å². The van der Waals surface area contributed by atoms with Crippen LogP contribution in [0.15, 0.2) is 30.3 Å². The maximum atomic E-state index is 12.2. The molecule has 1 saturated carbocycles. The molecular formula is C23H39NO3. The van der Waals surface area contributed by atoms with Gasteiger partial charge >= 0.3 is 5.97 Å². The van der Waals surface area contributed by atoms with Crippen LogP contribution < -0.4 is 5.32 Å². The second-order valence-electron chi connectivity index (χ2n) is 7.06. The van der Waals surface area contributed by atoms with E-state index in [2.05, 4.69) is 19.2 Å². The number of hydrogen-bond donors (Lipinski definition) is 1. The van der Waals surface area contributed by atoms with Gasteiger partial charge in [-0.3, -0.25) is 4.79 Å². The first kappa shape index (κ1) is 23.6. The van der Waals surface area contributed by atoms with Crippen LogP contribution in [0, 0.1) is 5.92 Å². The molecule has 1 aliphatic heterocycles. The van der Waals surface area contributed by atoms with Gasteiger partial charge < -0.3 is 14.8 Å². The van der Waals surface area contributed by atoms with Crippen molar-refractivity contribution in [3.8, 4) is 0 Å². The zero-order valence-electron chi connectivity index (χ0n) is 17.7. The van der Waals surface area contributed by atoms with Crippen LogP contribution in [0.5, 0.6) is 0 Å². The third-order valence-corrected chi connectivity index (χ3v) is 4.68. The fourth-order valence-electron chi connectivity index (χ4n) is 3.39. The van der Waals surface area contributed by atoms with Crippen molar-refractivity contribution in [1.29, 1.82) is 0 Å². The molecule has 1 N–H and O–H groups in total. The summed E-state index contributed by atoms with van der Waals surface area (Å²) < 4.78 is 10.8. The third-order valence-electron chi connectivity index (χ3n) is 4.68. The zero-order chi connectivity index (χ0) is 19.9. The Hall–Kier alpha value is -1.39. The van der Waals surface area contributed by atoms with Gasteiger partial charge in [-0.2, -0.15) is 0 Å². The molecule has 2 aliphatic rings. The van der Waals surface area contributed by atoms with Gasteiger partial charge in [-0.25, -0.2) is 0 Å². The van der Waals surface area contributed by atoms with Crippen LogP contribution in [0.3, 0.4) is 0 Å². The van der Waals surface area contributed by atoms with Gasteiger partial charge in [-0.1, -0.05) is 64.4 Å². The van der Waals surface area contributed by atoms with Gasteiger partial charge in [0.2, 0.25) is 0 Å². The molecule has 0 radical (unpaired) electrons. The maximum Gasteiger partial charge on any atom is 0.309 e. The van der Waals surface area contributed by atoms with Crippen molar-refractivity contribution < 1.29 is 14.3 Å². The Morgan fingerprint density at radius 1 is 1.04 bits per heavy atom. The lowest BCUT2D eigenvalue weighted by molar-refractivity contribution is -0.149. The fourth-order valence-corrected chi connectivity index (χ4v) is 3.39. The van der Waals surface area contributed by atoms with E-state index in [1.54, 1.807) is 0 Å². The molecule has 3 rings (SSSR count). The lowest BCUT2D eigenvalue weighted by Crippen LogP contribution is -2.40. The first-order chi connectivity index (χ1) is 13.2. The standard InChI is InChI=1S/C18H25NO3.C3H8.C2H6/c20-18(22-13-14-4-2-1-3-5-14)15-6-7-17(12-15)19-16-8-10-21-11-9-16;1-3-2;1-2/h1-5,15-17,19H,6-13H2;3H2,1-2H3;1-2H3/t15?,17-;;/m1../s1. The number of carbonyl (C=O) groups is 1. The van der Waals surface area contributed by atoms with Crippen LogP contribution >= 0.6 is 0 Å². The molecule has 27 heavy (non-hydrogen) atoms. The van der Waals surface area contributed by atoms with E-state index in [1.165, 1.54) is 6.42 Å². The highest BCUT2D eigenvalue weighted by Gasteiger charge is 2.32. The van der Waals surface area contributed by atoms with E-state index in [0.29, 0.717) is 18.7 Å². The summed E-state index contributed by atoms with van der Waals surface area (Å²) in [7, 11) is 0. The molecule has 0 aromatic heterocycles. The minimum atomic E-state index is -0.0415. The average Bonchev–Trinajstić information content (AvgIpc) is 3.18. The van der Waals surface area contributed by atoms with E-state index < -0.39 is 0 Å². The molecule has 0 bridgehead atoms. The molecule has 0 amide bonds. The quantitative estimate of drug-likeness (QED) is 0.724. The van der Waals surface area contributed by atoms with Gasteiger partial charge in [0, 0.05) is 25.3 Å². The van der Waals surface area contributed by atoms with Gasteiger partial charge in [-0.05, 0) is 37.7 Å². The van der Waals surface area contributed by atoms with Crippen molar-refractivity contribution in [2.75, 3.05) is 13.2 Å². The number of nitrogens with one attached hydrogen (secondary N) is 1. The molecule has 1 aliphatic carbocycles. The topological polar surface area (TPSA) is 47.6 Å². The van der Waals surface area contributed by atoms with Crippen molar-refractivity contribution in [3.05, 3.63) is 35.9 Å². The molecule has 1 saturated heterocycles. The summed E-state index contributed by atoms with van der Waals surface area (Å²) in [5.41, 5.74) is 1.05. The molecule has 2 atom stereocenters. The Labute approximate surface area is 166 Å². The van der Waals surface area contributed by atoms with Gasteiger partial charge in [0.25, 0.3) is 0 Å². The van der Waals surface area contributed by atoms with Crippen LogP contribution in [-0.2, 0) is 20.9 Å². The summed E-state index contributed by atoms with van der Waals surface area (Å²) in [5.74, 6) is 0.0150. The Kier molecular flexibility index (Phi) is 12.8. The second kappa shape index (κ2) is 14.6. The predicted molar refractivity (Wildman–Crippen MR) is 112 cm³/mol. The summed E-state index contributed by atoms with van der Waals surface area (Å²) in [6.07, 6.45) is 6.33. The zero-order valence-corrected chi connectivity index (χ0v) is 17.7. The van der Waals surface area contributed by atoms with E-state index in [4.69, 9.17) is 9.47 Å². The summed E-state index contributed by atoms with van der Waals surface area (Å²) in [4.78, 5) is 12.2. The lowest BCUT2D eigenvalue weighted by Gasteiger charge is -2.26. The van der Waals surface area contributed by atoms with Gasteiger partial charge in [0.1, 0.15) is 6.61 Å². The van der Waals surface area contributed by atoms with Crippen LogP contribution in [-0.4, -0.2) is 31.3 Å². The summed E-state index contributed by atoms with van der Waals surface area (Å²) in [6, 6.07) is 10.9. The molecule has 1 unspecified atom stereocenters.